The summed E-state index contributed by atoms with van der Waals surface area (Å²) in [6.07, 6.45) is -10.5. The number of halogens is 7. The first-order valence-electron chi connectivity index (χ1n) is 6.49. The van der Waals surface area contributed by atoms with E-state index in [0.717, 1.165) is 0 Å². The summed E-state index contributed by atoms with van der Waals surface area (Å²) < 4.78 is 88.9. The van der Waals surface area contributed by atoms with Crippen molar-refractivity contribution in [2.45, 2.75) is 37.3 Å². The van der Waals surface area contributed by atoms with Gasteiger partial charge >= 0.3 is 11.8 Å². The molecule has 0 aliphatic carbocycles. The van der Waals surface area contributed by atoms with E-state index < -0.39 is 42.4 Å². The molecule has 9 heteroatoms. The second-order valence-corrected chi connectivity index (χ2v) is 5.74. The minimum Gasteiger partial charge on any atom is -0.282 e. The number of rotatable bonds is 8. The first-order chi connectivity index (χ1) is 10.6. The van der Waals surface area contributed by atoms with Crippen LogP contribution in [0.15, 0.2) is 30.3 Å². The monoisotopic (exact) mass is 362 g/mol. The molecule has 0 N–H and O–H groups in total. The Morgan fingerprint density at radius 3 is 2.13 bits per heavy atom. The van der Waals surface area contributed by atoms with E-state index in [0.29, 0.717) is 17.3 Å². The SMILES string of the molecule is O=C(SCCCC(F)(F)C(F)(F)C(F)C(F)F)c1ccccc1. The normalized spacial score (nSPS) is 14.1. The molecule has 1 nitrogen and oxygen atoms in total. The van der Waals surface area contributed by atoms with E-state index in [9.17, 15) is 35.5 Å². The van der Waals surface area contributed by atoms with Gasteiger partial charge in [-0.25, -0.2) is 13.2 Å². The smallest absolute Gasteiger partial charge is 0.282 e. The van der Waals surface area contributed by atoms with Gasteiger partial charge in [-0.2, -0.15) is 17.6 Å². The van der Waals surface area contributed by atoms with Gasteiger partial charge in [0, 0.05) is 17.7 Å². The minimum absolute atomic E-state index is 0.217. The van der Waals surface area contributed by atoms with Gasteiger partial charge in [-0.3, -0.25) is 4.79 Å². The minimum atomic E-state index is -5.46. The summed E-state index contributed by atoms with van der Waals surface area (Å²) in [5, 5.41) is -0.434. The van der Waals surface area contributed by atoms with Crippen molar-refractivity contribution in [2.24, 2.45) is 0 Å². The number of hydrogen-bond donors (Lipinski definition) is 0. The number of alkyl halides is 7. The molecule has 0 radical (unpaired) electrons. The first-order valence-corrected chi connectivity index (χ1v) is 7.48. The van der Waals surface area contributed by atoms with Gasteiger partial charge in [0.2, 0.25) is 11.3 Å². The fourth-order valence-corrected chi connectivity index (χ4v) is 2.42. The maximum Gasteiger partial charge on any atom is 0.346 e. The van der Waals surface area contributed by atoms with E-state index in [1.165, 1.54) is 12.1 Å². The summed E-state index contributed by atoms with van der Waals surface area (Å²) in [5.74, 6) is -10.6. The first kappa shape index (κ1) is 19.8. The van der Waals surface area contributed by atoms with Gasteiger partial charge in [0.05, 0.1) is 0 Å². The fourth-order valence-electron chi connectivity index (χ4n) is 1.64. The molecule has 0 aromatic heterocycles. The molecular formula is C14H13F7OS. The van der Waals surface area contributed by atoms with E-state index in [4.69, 9.17) is 0 Å². The van der Waals surface area contributed by atoms with Gasteiger partial charge in [0.1, 0.15) is 0 Å². The Balaban J connectivity index is 2.49. The van der Waals surface area contributed by atoms with Gasteiger partial charge in [-0.05, 0) is 6.42 Å². The van der Waals surface area contributed by atoms with Crippen molar-refractivity contribution in [2.75, 3.05) is 5.75 Å². The largest absolute Gasteiger partial charge is 0.346 e. The molecule has 23 heavy (non-hydrogen) atoms. The van der Waals surface area contributed by atoms with Crippen LogP contribution in [0.2, 0.25) is 0 Å². The number of carbonyl (C=O) groups excluding carboxylic acids is 1. The van der Waals surface area contributed by atoms with Gasteiger partial charge in [-0.15, -0.1) is 0 Å². The molecule has 1 aromatic carbocycles. The number of carbonyl (C=O) groups is 1. The summed E-state index contributed by atoms with van der Waals surface area (Å²) in [6.45, 7) is 0. The molecule has 0 fully saturated rings. The van der Waals surface area contributed by atoms with Crippen LogP contribution in [0.5, 0.6) is 0 Å². The highest BCUT2D eigenvalue weighted by Gasteiger charge is 2.63. The van der Waals surface area contributed by atoms with E-state index in [2.05, 4.69) is 0 Å². The molecule has 0 saturated carbocycles. The molecule has 0 heterocycles. The van der Waals surface area contributed by atoms with Crippen LogP contribution in [0.1, 0.15) is 23.2 Å². The average Bonchev–Trinajstić information content (AvgIpc) is 2.51. The Morgan fingerprint density at radius 1 is 1.04 bits per heavy atom. The van der Waals surface area contributed by atoms with Gasteiger partial charge in [0.25, 0.3) is 6.43 Å². The van der Waals surface area contributed by atoms with Gasteiger partial charge in [-0.1, -0.05) is 42.1 Å². The molecule has 0 aliphatic heterocycles. The molecule has 1 unspecified atom stereocenters. The second-order valence-electron chi connectivity index (χ2n) is 4.67. The molecule has 1 rings (SSSR count). The van der Waals surface area contributed by atoms with Crippen LogP contribution in [0.4, 0.5) is 30.7 Å². The summed E-state index contributed by atoms with van der Waals surface area (Å²) in [7, 11) is 0. The Morgan fingerprint density at radius 2 is 1.61 bits per heavy atom. The Bertz CT molecular complexity index is 507. The van der Waals surface area contributed by atoms with Crippen LogP contribution in [0.3, 0.4) is 0 Å². The van der Waals surface area contributed by atoms with Crippen LogP contribution < -0.4 is 0 Å². The van der Waals surface area contributed by atoms with Crippen molar-refractivity contribution in [1.29, 1.82) is 0 Å². The Labute approximate surface area is 132 Å². The van der Waals surface area contributed by atoms with E-state index in [1.807, 2.05) is 0 Å². The molecular weight excluding hydrogens is 349 g/mol. The lowest BCUT2D eigenvalue weighted by Crippen LogP contribution is -2.50. The molecule has 0 bridgehead atoms. The molecule has 1 atom stereocenters. The second kappa shape index (κ2) is 8.03. The van der Waals surface area contributed by atoms with E-state index in [-0.39, 0.29) is 5.75 Å². The third-order valence-corrected chi connectivity index (χ3v) is 3.92. The third kappa shape index (κ3) is 5.12. The Kier molecular flexibility index (Phi) is 6.91. The summed E-state index contributed by atoms with van der Waals surface area (Å²) >= 11 is 0.636. The summed E-state index contributed by atoms with van der Waals surface area (Å²) in [6, 6.07) is 7.84. The highest BCUT2D eigenvalue weighted by atomic mass is 32.2. The molecule has 130 valence electrons. The standard InChI is InChI=1S/C14H13F7OS/c15-10(11(16)17)14(20,21)13(18,19)7-4-8-23-12(22)9-5-2-1-3-6-9/h1-3,5-6,10-11H,4,7-8H2. The fraction of sp³-hybridized carbons (Fsp3) is 0.500. The average molecular weight is 362 g/mol. The molecule has 0 aliphatic rings. The van der Waals surface area contributed by atoms with Crippen LogP contribution in [0, 0.1) is 0 Å². The lowest BCUT2D eigenvalue weighted by Gasteiger charge is -2.28. The van der Waals surface area contributed by atoms with E-state index >= 15 is 0 Å². The lowest BCUT2D eigenvalue weighted by molar-refractivity contribution is -0.259. The van der Waals surface area contributed by atoms with Crippen molar-refractivity contribution in [1.82, 2.24) is 0 Å². The van der Waals surface area contributed by atoms with Crippen LogP contribution >= 0.6 is 11.8 Å². The van der Waals surface area contributed by atoms with Crippen molar-refractivity contribution >= 4 is 16.9 Å². The zero-order valence-electron chi connectivity index (χ0n) is 11.6. The van der Waals surface area contributed by atoms with Crippen LogP contribution in [-0.2, 0) is 0 Å². The van der Waals surface area contributed by atoms with Crippen molar-refractivity contribution < 1.29 is 35.5 Å². The third-order valence-electron chi connectivity index (χ3n) is 2.93. The number of benzene rings is 1. The van der Waals surface area contributed by atoms with Crippen molar-refractivity contribution in [3.8, 4) is 0 Å². The number of hydrogen-bond acceptors (Lipinski definition) is 2. The summed E-state index contributed by atoms with van der Waals surface area (Å²) in [4.78, 5) is 11.6. The van der Waals surface area contributed by atoms with Gasteiger partial charge < -0.3 is 0 Å². The summed E-state index contributed by atoms with van der Waals surface area (Å²) in [5.41, 5.74) is 0.316. The van der Waals surface area contributed by atoms with E-state index in [1.54, 1.807) is 18.2 Å². The highest BCUT2D eigenvalue weighted by molar-refractivity contribution is 8.14. The molecule has 0 spiro atoms. The predicted octanol–water partition coefficient (Wildman–Crippen LogP) is 5.21. The Hall–Kier alpha value is -1.25. The maximum atomic E-state index is 13.2. The molecule has 0 amide bonds. The number of thioether (sulfide) groups is 1. The maximum absolute atomic E-state index is 13.2. The highest BCUT2D eigenvalue weighted by Crippen LogP contribution is 2.43. The molecule has 1 aromatic rings. The predicted molar refractivity (Wildman–Crippen MR) is 73.3 cm³/mol. The van der Waals surface area contributed by atoms with Crippen molar-refractivity contribution in [3.63, 3.8) is 0 Å². The van der Waals surface area contributed by atoms with Crippen molar-refractivity contribution in [3.05, 3.63) is 35.9 Å². The van der Waals surface area contributed by atoms with Crippen LogP contribution in [0.25, 0.3) is 0 Å². The lowest BCUT2D eigenvalue weighted by atomic mass is 10.0. The topological polar surface area (TPSA) is 17.1 Å². The quantitative estimate of drug-likeness (QED) is 0.466. The van der Waals surface area contributed by atoms with Gasteiger partial charge in [0.15, 0.2) is 0 Å². The zero-order valence-corrected chi connectivity index (χ0v) is 12.4. The van der Waals surface area contributed by atoms with Crippen LogP contribution in [-0.4, -0.2) is 35.3 Å². The molecule has 0 saturated heterocycles. The zero-order chi connectivity index (χ0) is 17.7.